The van der Waals surface area contributed by atoms with E-state index in [2.05, 4.69) is 65.2 Å². The number of β-amino-alcohol motifs (C(OH)–C–C–N with tert-alkyl or cyclic N) is 1. The number of rotatable bonds is 19. The molecule has 3 aromatic carbocycles. The quantitative estimate of drug-likeness (QED) is 0.0478. The number of hydrogen-bond acceptors (Lipinski definition) is 25. The minimum absolute atomic E-state index is 0.0120. The second-order valence-corrected chi connectivity index (χ2v) is 28.8. The lowest BCUT2D eigenvalue weighted by Gasteiger charge is -2.39. The van der Waals surface area contributed by atoms with Gasteiger partial charge in [-0.1, -0.05) is 80.0 Å². The number of nitrogens with zero attached hydrogens (tertiary/aromatic N) is 6. The van der Waals surface area contributed by atoms with Gasteiger partial charge in [0.1, 0.15) is 41.3 Å². The van der Waals surface area contributed by atoms with Gasteiger partial charge in [-0.15, -0.1) is 0 Å². The molecule has 546 valence electrons. The van der Waals surface area contributed by atoms with Crippen LogP contribution in [0, 0.1) is 5.92 Å². The van der Waals surface area contributed by atoms with Crippen molar-refractivity contribution in [2.24, 2.45) is 5.92 Å². The van der Waals surface area contributed by atoms with Crippen molar-refractivity contribution in [3.05, 3.63) is 89.6 Å². The maximum Gasteiger partial charge on any atom is 0.266 e. The molecule has 1 unspecified atom stereocenters. The van der Waals surface area contributed by atoms with Crippen LogP contribution in [0.15, 0.2) is 72.9 Å². The van der Waals surface area contributed by atoms with Crippen LogP contribution in [0.4, 0.5) is 0 Å². The van der Waals surface area contributed by atoms with E-state index in [0.717, 1.165) is 71.4 Å². The molecule has 2 aromatic heterocycles. The molecule has 32 nitrogen and oxygen atoms in total. The average Bonchev–Trinajstić information content (AvgIpc) is 1.58. The molecule has 0 bridgehead atoms. The molecule has 7 amide bonds. The zero-order valence-electron chi connectivity index (χ0n) is 55.2. The number of amides is 7. The van der Waals surface area contributed by atoms with Crippen LogP contribution in [0.3, 0.4) is 0 Å². The largest absolute Gasteiger partial charge is 0.504 e. The van der Waals surface area contributed by atoms with Crippen molar-refractivity contribution in [2.75, 3.05) is 52.5 Å². The first kappa shape index (κ1) is 75.2. The predicted octanol–water partition coefficient (Wildman–Crippen LogP) is -0.859. The summed E-state index contributed by atoms with van der Waals surface area (Å²) in [6.45, 7) is 1.80. The lowest BCUT2D eigenvalue weighted by atomic mass is 9.86. The Kier molecular flexibility index (Phi) is 24.9. The Bertz CT molecular complexity index is 3640. The summed E-state index contributed by atoms with van der Waals surface area (Å²) in [6, 6.07) is 5.98. The summed E-state index contributed by atoms with van der Waals surface area (Å²) in [7, 11) is 0. The molecule has 13 atom stereocenters. The van der Waals surface area contributed by atoms with Gasteiger partial charge in [-0.2, -0.15) is 5.10 Å². The van der Waals surface area contributed by atoms with Gasteiger partial charge < -0.3 is 96.7 Å². The van der Waals surface area contributed by atoms with Gasteiger partial charge in [0.05, 0.1) is 67.8 Å². The zero-order chi connectivity index (χ0) is 71.9. The minimum atomic E-state index is -4.74. The summed E-state index contributed by atoms with van der Waals surface area (Å²) < 4.78 is 35.1. The molecule has 18 N–H and O–H groups in total. The second kappa shape index (κ2) is 33.1. The molecule has 4 aliphatic heterocycles. The Morgan fingerprint density at radius 2 is 1.41 bits per heavy atom. The number of aromatic hydroxyl groups is 1. The van der Waals surface area contributed by atoms with Crippen LogP contribution in [0.5, 0.6) is 11.5 Å². The summed E-state index contributed by atoms with van der Waals surface area (Å²) in [5.41, 5.74) is 3.38. The van der Waals surface area contributed by atoms with E-state index in [1.807, 2.05) is 0 Å². The van der Waals surface area contributed by atoms with E-state index in [1.165, 1.54) is 74.1 Å². The number of hydrogen-bond donors (Lipinski definition) is 18. The summed E-state index contributed by atoms with van der Waals surface area (Å²) in [6.07, 6.45) is -2.41. The van der Waals surface area contributed by atoms with Crippen LogP contribution in [-0.2, 0) is 35.2 Å². The van der Waals surface area contributed by atoms with Gasteiger partial charge in [0.15, 0.2) is 11.5 Å². The highest BCUT2D eigenvalue weighted by Crippen LogP contribution is 2.41. The molecule has 34 heteroatoms. The molecule has 5 aliphatic rings. The number of fused-ring (bicyclic) bond motifs is 3. The van der Waals surface area contributed by atoms with Gasteiger partial charge in [0, 0.05) is 67.5 Å². The monoisotopic (exact) mass is 1430 g/mol. The SMILES string of the molecule is C[C@@H](O)[C@@H]1NC(=O)C(NC(=O)c2ccc(-c3cn4nc(-c5ccc(C6CCN(C7CCCCC7)CC6)cc5)sc4n3)cc2)C[C@@H](O)CNC(=O)[C@@H]2[C@@H](O)[C@@H](C)CN2C(=O)[C@H]([C@H](O)CCNC(CO)CO)NC(=O)[C@H]([C@H](O)Cc2ccc(O)c(OS(O)(O)O)c2)NC(=O)[C@@H]2C[C@@H](O)CN2C1=O. The Balaban J connectivity index is 0.896. The van der Waals surface area contributed by atoms with Gasteiger partial charge in [-0.25, -0.2) is 9.50 Å². The smallest absolute Gasteiger partial charge is 0.266 e. The highest BCUT2D eigenvalue weighted by atomic mass is 32.3. The van der Waals surface area contributed by atoms with Gasteiger partial charge in [-0.3, -0.25) is 47.2 Å². The first-order valence-corrected chi connectivity index (χ1v) is 35.9. The highest BCUT2D eigenvalue weighted by molar-refractivity contribution is 8.15. The van der Waals surface area contributed by atoms with E-state index in [1.54, 1.807) is 22.8 Å². The molecule has 100 heavy (non-hydrogen) atoms. The van der Waals surface area contributed by atoms with Crippen molar-refractivity contribution in [3.63, 3.8) is 0 Å². The van der Waals surface area contributed by atoms with Gasteiger partial charge in [-0.05, 0) is 100.0 Å². The molecule has 4 saturated heterocycles. The molecular formula is C66H90N12O20S2. The van der Waals surface area contributed by atoms with E-state index >= 15 is 0 Å². The zero-order valence-corrected chi connectivity index (χ0v) is 56.9. The maximum atomic E-state index is 15.0. The van der Waals surface area contributed by atoms with Crippen molar-refractivity contribution in [3.8, 4) is 33.3 Å². The molecule has 1 saturated carbocycles. The number of carbonyl (C=O) groups excluding carboxylic acids is 7. The summed E-state index contributed by atoms with van der Waals surface area (Å²) in [5.74, 6) is -9.95. The fourth-order valence-electron chi connectivity index (χ4n) is 13.9. The number of piperidine rings is 1. The highest BCUT2D eigenvalue weighted by Gasteiger charge is 2.50. The van der Waals surface area contributed by atoms with E-state index < -0.39 is 201 Å². The van der Waals surface area contributed by atoms with E-state index in [-0.39, 0.29) is 24.2 Å². The third kappa shape index (κ3) is 18.2. The fraction of sp³-hybridized carbons (Fsp3) is 0.561. The van der Waals surface area contributed by atoms with Crippen LogP contribution in [0.1, 0.15) is 105 Å². The van der Waals surface area contributed by atoms with Crippen molar-refractivity contribution < 1.29 is 97.4 Å². The second-order valence-electron chi connectivity index (χ2n) is 26.7. The number of phenolic OH excluding ortho intramolecular Hbond substituents is 1. The van der Waals surface area contributed by atoms with Crippen LogP contribution >= 0.6 is 22.5 Å². The number of phenols is 1. The van der Waals surface area contributed by atoms with E-state index in [9.17, 15) is 93.2 Å². The lowest BCUT2D eigenvalue weighted by Crippen LogP contribution is -2.64. The number of likely N-dealkylation sites (tertiary alicyclic amines) is 1. The number of carbonyl (C=O) groups is 7. The van der Waals surface area contributed by atoms with Crippen molar-refractivity contribution >= 4 is 68.8 Å². The predicted molar refractivity (Wildman–Crippen MR) is 362 cm³/mol. The van der Waals surface area contributed by atoms with Gasteiger partial charge >= 0.3 is 0 Å². The van der Waals surface area contributed by atoms with Crippen molar-refractivity contribution in [1.82, 2.24) is 61.2 Å². The number of aromatic nitrogens is 3. The minimum Gasteiger partial charge on any atom is -0.504 e. The number of nitrogens with one attached hydrogen (secondary N) is 6. The molecule has 5 aromatic rings. The first-order valence-electron chi connectivity index (χ1n) is 33.6. The molecule has 1 aliphatic carbocycles. The third-order valence-corrected chi connectivity index (χ3v) is 20.8. The summed E-state index contributed by atoms with van der Waals surface area (Å²) in [4.78, 5) is 112. The summed E-state index contributed by atoms with van der Waals surface area (Å²) in [5, 5.41) is 120. The number of aliphatic hydroxyl groups excluding tert-OH is 8. The Morgan fingerprint density at radius 3 is 2.07 bits per heavy atom. The topological polar surface area (TPSA) is 484 Å². The van der Waals surface area contributed by atoms with E-state index in [4.69, 9.17) is 10.1 Å². The average molecular weight is 1440 g/mol. The molecule has 0 radical (unpaired) electrons. The van der Waals surface area contributed by atoms with E-state index in [0.29, 0.717) is 22.1 Å². The van der Waals surface area contributed by atoms with Crippen LogP contribution in [0.2, 0.25) is 0 Å². The van der Waals surface area contributed by atoms with Crippen molar-refractivity contribution in [1.29, 1.82) is 0 Å². The molecule has 0 spiro atoms. The number of benzene rings is 3. The van der Waals surface area contributed by atoms with Crippen LogP contribution in [-0.4, -0.2) is 268 Å². The Hall–Kier alpha value is -7.52. The fourth-order valence-corrected chi connectivity index (χ4v) is 15.1. The molecule has 5 fully saturated rings. The molecule has 10 rings (SSSR count). The maximum absolute atomic E-state index is 15.0. The van der Waals surface area contributed by atoms with Crippen LogP contribution in [0.25, 0.3) is 26.8 Å². The molecular weight excluding hydrogens is 1340 g/mol. The number of imidazole rings is 1. The molecule has 6 heterocycles. The number of aliphatic hydroxyl groups is 8. The third-order valence-electron chi connectivity index (χ3n) is 19.5. The van der Waals surface area contributed by atoms with Crippen molar-refractivity contribution in [2.45, 2.75) is 175 Å². The van der Waals surface area contributed by atoms with Gasteiger partial charge in [0.25, 0.3) is 17.1 Å². The van der Waals surface area contributed by atoms with Crippen LogP contribution < -0.4 is 36.1 Å². The Labute approximate surface area is 581 Å². The Morgan fingerprint density at radius 1 is 0.750 bits per heavy atom. The van der Waals surface area contributed by atoms with Gasteiger partial charge in [0.2, 0.25) is 40.4 Å². The summed E-state index contributed by atoms with van der Waals surface area (Å²) >= 11 is -3.33. The standard InChI is InChI=1S/C66H90N12O20S2/c1-34-29-77-56(57(34)87)62(92)68-28-44(82)26-46(69-58(88)40-13-11-39(12-14-40)47-31-78-66(70-47)99-63(74-78)41-15-9-37(10-16-41)38-19-22-75(23-20-38)43-6-4-3-5-7-43)59(89)71-53(35(2)81)64(93)76-30-45(83)27-48(76)60(90)72-54(51(86)24-36-8-17-49(84)52(25-36)98-100(95,96)97)61(91)73-55(65(77)94)50(85)18-21-67-42(32-79)33-80/h8-17,25,31,34-35,38,42-46,48,50-51,53-57,67,79-87,95-97H,3-7,18-24,26-30,32-33H2,1-2H3,(H,68,92)(H,69,88)(H,71,89)(H,72,90)(H,73,91)/t34-,35+,44+,45+,46?,48-,50+,51+,53-,54-,55-,56-,57-/m0/s1. The normalized spacial score (nSPS) is 26.6. The first-order chi connectivity index (χ1) is 47.7. The lowest BCUT2D eigenvalue weighted by molar-refractivity contribution is -0.147.